The van der Waals surface area contributed by atoms with Gasteiger partial charge in [-0.2, -0.15) is 0 Å². The molecule has 0 aromatic heterocycles. The first-order chi connectivity index (χ1) is 22.6. The molecular formula is C40H80O4S2Sn. The summed E-state index contributed by atoms with van der Waals surface area (Å²) >= 11 is -0.591. The van der Waals surface area contributed by atoms with E-state index >= 15 is 0 Å². The van der Waals surface area contributed by atoms with Crippen molar-refractivity contribution in [3.05, 3.63) is 0 Å². The van der Waals surface area contributed by atoms with E-state index in [1.165, 1.54) is 103 Å². The second-order valence-electron chi connectivity index (χ2n) is 15.0. The maximum absolute atomic E-state index is 13.7. The van der Waals surface area contributed by atoms with Gasteiger partial charge >= 0.3 is 310 Å². The molecule has 0 rings (SSSR count). The average molecular weight is 808 g/mol. The van der Waals surface area contributed by atoms with E-state index in [-0.39, 0.29) is 22.4 Å². The van der Waals surface area contributed by atoms with Crippen molar-refractivity contribution < 1.29 is 15.7 Å². The third-order valence-electron chi connectivity index (χ3n) is 9.15. The number of carbonyl (C=O) groups excluding carboxylic acids is 2. The Morgan fingerprint density at radius 2 is 0.787 bits per heavy atom. The van der Waals surface area contributed by atoms with Crippen molar-refractivity contribution in [3.8, 4) is 0 Å². The molecule has 0 aliphatic carbocycles. The van der Waals surface area contributed by atoms with Crippen LogP contribution in [0.2, 0.25) is 8.87 Å². The van der Waals surface area contributed by atoms with Gasteiger partial charge in [-0.3, -0.25) is 0 Å². The van der Waals surface area contributed by atoms with Gasteiger partial charge in [-0.25, -0.2) is 0 Å². The van der Waals surface area contributed by atoms with Crippen molar-refractivity contribution >= 4 is 54.7 Å². The van der Waals surface area contributed by atoms with Gasteiger partial charge < -0.3 is 0 Å². The number of hydrogen-bond acceptors (Lipinski definition) is 6. The van der Waals surface area contributed by atoms with E-state index < -0.39 is 19.2 Å². The van der Waals surface area contributed by atoms with E-state index in [0.717, 1.165) is 70.7 Å². The Bertz CT molecular complexity index is 673. The second kappa shape index (κ2) is 32.4. The molecule has 0 radical (unpaired) electrons. The predicted octanol–water partition coefficient (Wildman–Crippen LogP) is 13.7. The topological polar surface area (TPSA) is 52.6 Å². The summed E-state index contributed by atoms with van der Waals surface area (Å²) in [5.41, 5.74) is 0. The van der Waals surface area contributed by atoms with Gasteiger partial charge in [0.25, 0.3) is 0 Å². The van der Waals surface area contributed by atoms with Crippen LogP contribution < -0.4 is 0 Å². The predicted molar refractivity (Wildman–Crippen MR) is 214 cm³/mol. The summed E-state index contributed by atoms with van der Waals surface area (Å²) in [6.07, 6.45) is 26.7. The zero-order valence-corrected chi connectivity index (χ0v) is 37.1. The van der Waals surface area contributed by atoms with Crippen LogP contribution in [-0.4, -0.2) is 53.1 Å². The Morgan fingerprint density at radius 3 is 1.15 bits per heavy atom. The minimum absolute atomic E-state index is 0.128. The Morgan fingerprint density at radius 1 is 0.468 bits per heavy atom. The standard InChI is InChI=1S/2C12H24O2S.2C8H17.Sn/c2*1-10(2)8-6-4-5-7-9-15-11(3)12(13)14;2*1-3-5-7-8-6-4-2;/h2*10-11H,4-9H2,1-3H3,(H,13,14);2*1,3-8H2,2H3;/q;;;;+2/p-2. The third-order valence-corrected chi connectivity index (χ3v) is 21.2. The van der Waals surface area contributed by atoms with Gasteiger partial charge in [0.2, 0.25) is 0 Å². The summed E-state index contributed by atoms with van der Waals surface area (Å²) in [7, 11) is 0. The number of carbonyl (C=O) groups is 2. The van der Waals surface area contributed by atoms with Gasteiger partial charge in [0, 0.05) is 0 Å². The number of hydrogen-bond donors (Lipinski definition) is 0. The monoisotopic (exact) mass is 808 g/mol. The molecule has 0 fully saturated rings. The molecule has 0 bridgehead atoms. The van der Waals surface area contributed by atoms with Gasteiger partial charge in [-0.15, -0.1) is 0 Å². The zero-order chi connectivity index (χ0) is 35.2. The van der Waals surface area contributed by atoms with Crippen LogP contribution >= 0.6 is 23.5 Å². The first kappa shape index (κ1) is 47.4. The van der Waals surface area contributed by atoms with Gasteiger partial charge in [0.15, 0.2) is 0 Å². The van der Waals surface area contributed by atoms with Crippen LogP contribution in [0, 0.1) is 11.8 Å². The molecule has 0 saturated heterocycles. The van der Waals surface area contributed by atoms with E-state index in [4.69, 9.17) is 6.15 Å². The summed E-state index contributed by atoms with van der Waals surface area (Å²) in [4.78, 5) is 27.3. The molecule has 0 saturated carbocycles. The fourth-order valence-electron chi connectivity index (χ4n) is 5.90. The molecule has 0 amide bonds. The van der Waals surface area contributed by atoms with Gasteiger partial charge in [0.1, 0.15) is 0 Å². The van der Waals surface area contributed by atoms with Gasteiger partial charge in [-0.1, -0.05) is 0 Å². The molecular weight excluding hydrogens is 727 g/mol. The van der Waals surface area contributed by atoms with E-state index in [1.54, 1.807) is 23.5 Å². The van der Waals surface area contributed by atoms with Crippen LogP contribution in [0.25, 0.3) is 0 Å². The molecule has 7 heteroatoms. The normalized spacial score (nSPS) is 13.3. The average Bonchev–Trinajstić information content (AvgIpc) is 3.02. The summed E-state index contributed by atoms with van der Waals surface area (Å²) in [5, 5.41) is -0.422. The fourth-order valence-corrected chi connectivity index (χ4v) is 17.8. The van der Waals surface area contributed by atoms with Crippen molar-refractivity contribution in [1.29, 1.82) is 0 Å². The van der Waals surface area contributed by atoms with Crippen molar-refractivity contribution in [2.75, 3.05) is 11.5 Å². The van der Waals surface area contributed by atoms with Crippen LogP contribution in [-0.2, 0) is 15.7 Å². The van der Waals surface area contributed by atoms with Gasteiger partial charge in [0.05, 0.1) is 0 Å². The van der Waals surface area contributed by atoms with Crippen LogP contribution in [0.1, 0.15) is 197 Å². The summed E-state index contributed by atoms with van der Waals surface area (Å²) < 4.78 is 14.8. The van der Waals surface area contributed by atoms with Gasteiger partial charge in [-0.05, 0) is 0 Å². The summed E-state index contributed by atoms with van der Waals surface area (Å²) in [6.45, 7) is 17.7. The van der Waals surface area contributed by atoms with Crippen LogP contribution in [0.15, 0.2) is 0 Å². The van der Waals surface area contributed by atoms with Crippen molar-refractivity contribution in [2.24, 2.45) is 11.8 Å². The summed E-state index contributed by atoms with van der Waals surface area (Å²) in [6, 6.07) is 0. The van der Waals surface area contributed by atoms with E-state index in [9.17, 15) is 9.59 Å². The summed E-state index contributed by atoms with van der Waals surface area (Å²) in [5.74, 6) is 3.27. The third kappa shape index (κ3) is 28.8. The Hall–Kier alpha value is 0.439. The Kier molecular flexibility index (Phi) is 32.7. The van der Waals surface area contributed by atoms with Crippen molar-refractivity contribution in [3.63, 3.8) is 0 Å². The molecule has 47 heavy (non-hydrogen) atoms. The number of unbranched alkanes of at least 4 members (excludes halogenated alkanes) is 16. The van der Waals surface area contributed by atoms with Crippen LogP contribution in [0.4, 0.5) is 0 Å². The van der Waals surface area contributed by atoms with E-state index in [1.807, 2.05) is 13.8 Å². The molecule has 0 aromatic carbocycles. The molecule has 0 aliphatic rings. The van der Waals surface area contributed by atoms with Crippen LogP contribution in [0.5, 0.6) is 0 Å². The first-order valence-electron chi connectivity index (χ1n) is 20.3. The molecule has 2 unspecified atom stereocenters. The molecule has 0 spiro atoms. The zero-order valence-electron chi connectivity index (χ0n) is 32.6. The quantitative estimate of drug-likeness (QED) is 0.0477. The van der Waals surface area contributed by atoms with Crippen molar-refractivity contribution in [1.82, 2.24) is 0 Å². The molecule has 0 aliphatic heterocycles. The number of rotatable bonds is 34. The SMILES string of the molecule is CCCCCCC[CH2][Sn]([CH2]CCCCCCC)([O]C(=O)C(C)SCCCCCCC(C)C)[O]C(=O)C(C)SCCCCCCC(C)C. The van der Waals surface area contributed by atoms with E-state index in [2.05, 4.69) is 41.5 Å². The fraction of sp³-hybridized carbons (Fsp3) is 0.950. The number of thioether (sulfide) groups is 2. The molecule has 0 aromatic rings. The molecule has 280 valence electrons. The maximum atomic E-state index is 13.7. The van der Waals surface area contributed by atoms with Crippen molar-refractivity contribution in [2.45, 2.75) is 216 Å². The Labute approximate surface area is 307 Å². The first-order valence-corrected chi connectivity index (χ1v) is 28.7. The van der Waals surface area contributed by atoms with Crippen LogP contribution in [0.3, 0.4) is 0 Å². The minimum atomic E-state index is -4.04. The second-order valence-corrected chi connectivity index (χ2v) is 27.1. The molecule has 2 atom stereocenters. The molecule has 0 N–H and O–H groups in total. The molecule has 4 nitrogen and oxygen atoms in total. The van der Waals surface area contributed by atoms with E-state index in [0.29, 0.717) is 0 Å². The Balaban J connectivity index is 5.40. The molecule has 0 heterocycles.